The van der Waals surface area contributed by atoms with Crippen molar-refractivity contribution >= 4 is 0 Å². The van der Waals surface area contributed by atoms with Gasteiger partial charge >= 0.3 is 0 Å². The number of aryl methyl sites for hydroxylation is 1. The van der Waals surface area contributed by atoms with Crippen molar-refractivity contribution in [2.45, 2.75) is 33.2 Å². The van der Waals surface area contributed by atoms with Crippen molar-refractivity contribution in [3.8, 4) is 5.75 Å². The van der Waals surface area contributed by atoms with Crippen molar-refractivity contribution < 1.29 is 4.74 Å². The molecule has 15 heavy (non-hydrogen) atoms. The average molecular weight is 207 g/mol. The Labute approximate surface area is 92.6 Å². The molecule has 0 amide bonds. The largest absolute Gasteiger partial charge is 0.492 e. The second kappa shape index (κ2) is 6.46. The van der Waals surface area contributed by atoms with Gasteiger partial charge in [-0.25, -0.2) is 0 Å². The molecular formula is C13H21NO. The molecule has 0 saturated carbocycles. The van der Waals surface area contributed by atoms with E-state index in [-0.39, 0.29) is 0 Å². The first-order valence-corrected chi connectivity index (χ1v) is 5.65. The van der Waals surface area contributed by atoms with Gasteiger partial charge in [-0.15, -0.1) is 0 Å². The number of nitrogens with one attached hydrogen (secondary N) is 1. The number of rotatable bonds is 6. The Morgan fingerprint density at radius 1 is 1.27 bits per heavy atom. The fraction of sp³-hybridized carbons (Fsp3) is 0.538. The maximum Gasteiger partial charge on any atom is 0.119 e. The maximum absolute atomic E-state index is 5.66. The Morgan fingerprint density at radius 3 is 2.53 bits per heavy atom. The molecule has 0 radical (unpaired) electrons. The molecule has 0 saturated heterocycles. The third-order valence-electron chi connectivity index (χ3n) is 2.26. The monoisotopic (exact) mass is 207 g/mol. The fourth-order valence-corrected chi connectivity index (χ4v) is 1.31. The first-order valence-electron chi connectivity index (χ1n) is 5.65. The van der Waals surface area contributed by atoms with Crippen LogP contribution in [-0.4, -0.2) is 19.2 Å². The molecule has 0 bridgehead atoms. The highest BCUT2D eigenvalue weighted by atomic mass is 16.5. The lowest BCUT2D eigenvalue weighted by molar-refractivity contribution is 0.273. The molecule has 84 valence electrons. The summed E-state index contributed by atoms with van der Waals surface area (Å²) in [5.41, 5.74) is 1.26. The first kappa shape index (κ1) is 12.1. The van der Waals surface area contributed by atoms with E-state index in [1.807, 2.05) is 12.1 Å². The lowest BCUT2D eigenvalue weighted by Crippen LogP contribution is -2.32. The van der Waals surface area contributed by atoms with Gasteiger partial charge in [-0.05, 0) is 38.9 Å². The molecule has 1 atom stereocenters. The molecular weight excluding hydrogens is 186 g/mol. The van der Waals surface area contributed by atoms with E-state index in [1.165, 1.54) is 5.56 Å². The first-order chi connectivity index (χ1) is 7.22. The lowest BCUT2D eigenvalue weighted by Gasteiger charge is -2.14. The van der Waals surface area contributed by atoms with Crippen LogP contribution in [0.1, 0.15) is 25.8 Å². The third kappa shape index (κ3) is 4.84. The van der Waals surface area contributed by atoms with E-state index < -0.39 is 0 Å². The van der Waals surface area contributed by atoms with Gasteiger partial charge in [0.15, 0.2) is 0 Å². The van der Waals surface area contributed by atoms with E-state index in [2.05, 4.69) is 38.2 Å². The van der Waals surface area contributed by atoms with E-state index in [9.17, 15) is 0 Å². The van der Waals surface area contributed by atoms with Crippen molar-refractivity contribution in [3.05, 3.63) is 29.8 Å². The molecule has 1 N–H and O–H groups in total. The van der Waals surface area contributed by atoms with Crippen LogP contribution in [-0.2, 0) is 0 Å². The minimum Gasteiger partial charge on any atom is -0.492 e. The molecule has 0 aliphatic rings. The Hall–Kier alpha value is -1.02. The molecule has 0 spiro atoms. The second-order valence-electron chi connectivity index (χ2n) is 3.98. The molecule has 1 rings (SSSR count). The summed E-state index contributed by atoms with van der Waals surface area (Å²) in [7, 11) is 0. The van der Waals surface area contributed by atoms with Gasteiger partial charge < -0.3 is 10.1 Å². The van der Waals surface area contributed by atoms with Gasteiger partial charge in [-0.3, -0.25) is 0 Å². The summed E-state index contributed by atoms with van der Waals surface area (Å²) in [6.07, 6.45) is 1.16. The Balaban J connectivity index is 2.27. The predicted molar refractivity (Wildman–Crippen MR) is 64.4 cm³/mol. The van der Waals surface area contributed by atoms with E-state index in [0.717, 1.165) is 25.3 Å². The maximum atomic E-state index is 5.66. The molecule has 0 aliphatic heterocycles. The highest BCUT2D eigenvalue weighted by Gasteiger charge is 2.00. The van der Waals surface area contributed by atoms with Crippen LogP contribution in [0.25, 0.3) is 0 Å². The summed E-state index contributed by atoms with van der Waals surface area (Å²) in [5, 5.41) is 3.39. The molecule has 2 heteroatoms. The molecule has 0 aromatic heterocycles. The summed E-state index contributed by atoms with van der Waals surface area (Å²) >= 11 is 0. The Kier molecular flexibility index (Phi) is 5.19. The molecule has 2 nitrogen and oxygen atoms in total. The van der Waals surface area contributed by atoms with Crippen LogP contribution in [0.4, 0.5) is 0 Å². The van der Waals surface area contributed by atoms with E-state index in [1.54, 1.807) is 0 Å². The van der Waals surface area contributed by atoms with Crippen LogP contribution >= 0.6 is 0 Å². The smallest absolute Gasteiger partial charge is 0.119 e. The van der Waals surface area contributed by atoms with E-state index >= 15 is 0 Å². The van der Waals surface area contributed by atoms with Crippen molar-refractivity contribution in [1.29, 1.82) is 0 Å². The van der Waals surface area contributed by atoms with Crippen LogP contribution in [0.3, 0.4) is 0 Å². The van der Waals surface area contributed by atoms with Gasteiger partial charge in [-0.2, -0.15) is 0 Å². The summed E-state index contributed by atoms with van der Waals surface area (Å²) in [4.78, 5) is 0. The van der Waals surface area contributed by atoms with Crippen LogP contribution in [0.5, 0.6) is 5.75 Å². The molecule has 1 aromatic rings. The van der Waals surface area contributed by atoms with Crippen molar-refractivity contribution in [2.24, 2.45) is 0 Å². The topological polar surface area (TPSA) is 21.3 Å². The predicted octanol–water partition coefficient (Wildman–Crippen LogP) is 2.76. The molecule has 0 aliphatic carbocycles. The summed E-state index contributed by atoms with van der Waals surface area (Å²) in [6.45, 7) is 8.17. The van der Waals surface area contributed by atoms with Gasteiger partial charge in [0.1, 0.15) is 12.4 Å². The number of benzene rings is 1. The van der Waals surface area contributed by atoms with Crippen LogP contribution in [0.2, 0.25) is 0 Å². The van der Waals surface area contributed by atoms with E-state index in [0.29, 0.717) is 6.04 Å². The summed E-state index contributed by atoms with van der Waals surface area (Å²) in [6, 6.07) is 8.58. The van der Waals surface area contributed by atoms with Crippen LogP contribution < -0.4 is 10.1 Å². The normalized spacial score (nSPS) is 12.5. The minimum atomic E-state index is 0.409. The Bertz CT molecular complexity index is 268. The van der Waals surface area contributed by atoms with E-state index in [4.69, 9.17) is 4.74 Å². The second-order valence-corrected chi connectivity index (χ2v) is 3.98. The zero-order valence-electron chi connectivity index (χ0n) is 9.92. The summed E-state index contributed by atoms with van der Waals surface area (Å²) in [5.74, 6) is 0.950. The van der Waals surface area contributed by atoms with Crippen molar-refractivity contribution in [2.75, 3.05) is 13.2 Å². The van der Waals surface area contributed by atoms with Gasteiger partial charge in [-0.1, -0.05) is 24.6 Å². The zero-order valence-corrected chi connectivity index (χ0v) is 9.92. The molecule has 0 heterocycles. The quantitative estimate of drug-likeness (QED) is 0.774. The van der Waals surface area contributed by atoms with Gasteiger partial charge in [0.2, 0.25) is 0 Å². The average Bonchev–Trinajstić information content (AvgIpc) is 2.25. The molecule has 1 aromatic carbocycles. The number of hydrogen-bond donors (Lipinski definition) is 1. The van der Waals surface area contributed by atoms with Gasteiger partial charge in [0.05, 0.1) is 0 Å². The highest BCUT2D eigenvalue weighted by Crippen LogP contribution is 2.11. The molecule has 1 unspecified atom stereocenters. The lowest BCUT2D eigenvalue weighted by atomic mass is 10.2. The SMILES string of the molecule is CCCNC(C)COc1ccc(C)cc1. The Morgan fingerprint density at radius 2 is 1.93 bits per heavy atom. The van der Waals surface area contributed by atoms with Crippen molar-refractivity contribution in [1.82, 2.24) is 5.32 Å². The summed E-state index contributed by atoms with van der Waals surface area (Å²) < 4.78 is 5.66. The fourth-order valence-electron chi connectivity index (χ4n) is 1.31. The standard InChI is InChI=1S/C13H21NO/c1-4-9-14-12(3)10-15-13-7-5-11(2)6-8-13/h5-8,12,14H,4,9-10H2,1-3H3. The third-order valence-corrected chi connectivity index (χ3v) is 2.26. The number of hydrogen-bond acceptors (Lipinski definition) is 2. The zero-order chi connectivity index (χ0) is 11.1. The van der Waals surface area contributed by atoms with Crippen LogP contribution in [0.15, 0.2) is 24.3 Å². The minimum absolute atomic E-state index is 0.409. The molecule has 0 fully saturated rings. The number of ether oxygens (including phenoxy) is 1. The van der Waals surface area contributed by atoms with Crippen LogP contribution in [0, 0.1) is 6.92 Å². The van der Waals surface area contributed by atoms with Crippen molar-refractivity contribution in [3.63, 3.8) is 0 Å². The van der Waals surface area contributed by atoms with Gasteiger partial charge in [0.25, 0.3) is 0 Å². The van der Waals surface area contributed by atoms with Gasteiger partial charge in [0, 0.05) is 6.04 Å². The highest BCUT2D eigenvalue weighted by molar-refractivity contribution is 5.26.